The van der Waals surface area contributed by atoms with E-state index >= 15 is 0 Å². The molecule has 0 saturated heterocycles. The molecule has 0 heterocycles. The molecule has 0 amide bonds. The number of hydrogen-bond donors (Lipinski definition) is 0. The summed E-state index contributed by atoms with van der Waals surface area (Å²) in [7, 11) is 0. The number of benzene rings is 1. The van der Waals surface area contributed by atoms with Gasteiger partial charge in [-0.05, 0) is 49.8 Å². The summed E-state index contributed by atoms with van der Waals surface area (Å²) < 4.78 is 5.16. The number of halogens is 1. The van der Waals surface area contributed by atoms with Gasteiger partial charge in [-0.25, -0.2) is 0 Å². The van der Waals surface area contributed by atoms with Crippen molar-refractivity contribution in [3.63, 3.8) is 0 Å². The van der Waals surface area contributed by atoms with Crippen molar-refractivity contribution >= 4 is 29.3 Å². The van der Waals surface area contributed by atoms with E-state index in [0.29, 0.717) is 5.02 Å². The van der Waals surface area contributed by atoms with E-state index in [-0.39, 0.29) is 18.5 Å². The lowest BCUT2D eigenvalue weighted by atomic mass is 10.1. The highest BCUT2D eigenvalue weighted by molar-refractivity contribution is 7.99. The Hall–Kier alpha value is -0.670. The van der Waals surface area contributed by atoms with Crippen molar-refractivity contribution in [3.8, 4) is 0 Å². The van der Waals surface area contributed by atoms with Crippen molar-refractivity contribution in [1.29, 1.82) is 0 Å². The van der Waals surface area contributed by atoms with Gasteiger partial charge in [-0.1, -0.05) is 18.5 Å². The molecule has 1 aromatic rings. The van der Waals surface area contributed by atoms with Crippen LogP contribution in [-0.4, -0.2) is 17.8 Å². The molecule has 0 unspecified atom stereocenters. The third-order valence-electron chi connectivity index (χ3n) is 2.19. The van der Waals surface area contributed by atoms with Crippen LogP contribution in [0.25, 0.3) is 0 Å². The van der Waals surface area contributed by atoms with Crippen LogP contribution in [-0.2, 0) is 16.0 Å². The first-order chi connectivity index (χ1) is 8.52. The van der Waals surface area contributed by atoms with E-state index < -0.39 is 0 Å². The van der Waals surface area contributed by atoms with Crippen molar-refractivity contribution in [3.05, 3.63) is 28.8 Å². The molecule has 1 aromatic carbocycles. The maximum atomic E-state index is 11.7. The van der Waals surface area contributed by atoms with Crippen LogP contribution in [0.1, 0.15) is 32.8 Å². The van der Waals surface area contributed by atoms with Crippen molar-refractivity contribution < 1.29 is 9.53 Å². The Kier molecular flexibility index (Phi) is 6.58. The lowest BCUT2D eigenvalue weighted by Gasteiger charge is -2.11. The maximum absolute atomic E-state index is 11.7. The zero-order chi connectivity index (χ0) is 13.5. The van der Waals surface area contributed by atoms with Gasteiger partial charge in [0.05, 0.1) is 12.5 Å². The van der Waals surface area contributed by atoms with Gasteiger partial charge < -0.3 is 4.74 Å². The van der Waals surface area contributed by atoms with Crippen LogP contribution < -0.4 is 0 Å². The first-order valence-electron chi connectivity index (χ1n) is 6.13. The molecule has 0 fully saturated rings. The Bertz CT molecular complexity index is 405. The molecule has 0 atom stereocenters. The minimum absolute atomic E-state index is 0.0802. The number of thioether (sulfide) groups is 1. The third kappa shape index (κ3) is 5.32. The fourth-order valence-corrected chi connectivity index (χ4v) is 2.60. The van der Waals surface area contributed by atoms with Gasteiger partial charge in [-0.3, -0.25) is 4.79 Å². The van der Waals surface area contributed by atoms with Crippen molar-refractivity contribution in [2.45, 2.75) is 44.6 Å². The lowest BCUT2D eigenvalue weighted by molar-refractivity contribution is -0.146. The van der Waals surface area contributed by atoms with Gasteiger partial charge in [0.2, 0.25) is 0 Å². The molecule has 0 aliphatic carbocycles. The molecule has 0 saturated carbocycles. The zero-order valence-electron chi connectivity index (χ0n) is 11.0. The Morgan fingerprint density at radius 2 is 2.17 bits per heavy atom. The Morgan fingerprint density at radius 3 is 2.78 bits per heavy atom. The monoisotopic (exact) mass is 286 g/mol. The summed E-state index contributed by atoms with van der Waals surface area (Å²) >= 11 is 7.73. The molecule has 0 aromatic heterocycles. The summed E-state index contributed by atoms with van der Waals surface area (Å²) in [6, 6.07) is 5.68. The smallest absolute Gasteiger partial charge is 0.310 e. The summed E-state index contributed by atoms with van der Waals surface area (Å²) in [5, 5.41) is 0.656. The summed E-state index contributed by atoms with van der Waals surface area (Å²) in [5.74, 6) is 0.832. The first kappa shape index (κ1) is 15.4. The molecule has 2 nitrogen and oxygen atoms in total. The molecule has 4 heteroatoms. The second-order valence-electron chi connectivity index (χ2n) is 4.32. The average Bonchev–Trinajstić information content (AvgIpc) is 2.26. The highest BCUT2D eigenvalue weighted by Gasteiger charge is 2.11. The molecular weight excluding hydrogens is 268 g/mol. The molecule has 0 N–H and O–H groups in total. The normalized spacial score (nSPS) is 10.7. The van der Waals surface area contributed by atoms with Crippen LogP contribution in [0.2, 0.25) is 5.02 Å². The molecule has 100 valence electrons. The van der Waals surface area contributed by atoms with Crippen LogP contribution in [0.3, 0.4) is 0 Å². The van der Waals surface area contributed by atoms with E-state index in [1.165, 1.54) is 0 Å². The highest BCUT2D eigenvalue weighted by atomic mass is 35.5. The van der Waals surface area contributed by atoms with Crippen molar-refractivity contribution in [2.24, 2.45) is 0 Å². The largest absolute Gasteiger partial charge is 0.463 e. The minimum atomic E-state index is -0.203. The maximum Gasteiger partial charge on any atom is 0.310 e. The molecule has 0 aliphatic heterocycles. The Morgan fingerprint density at radius 1 is 1.44 bits per heavy atom. The minimum Gasteiger partial charge on any atom is -0.463 e. The van der Waals surface area contributed by atoms with Crippen molar-refractivity contribution in [1.82, 2.24) is 0 Å². The van der Waals surface area contributed by atoms with E-state index in [1.807, 2.05) is 32.0 Å². The van der Waals surface area contributed by atoms with Crippen LogP contribution >= 0.6 is 23.4 Å². The Labute approximate surface area is 118 Å². The van der Waals surface area contributed by atoms with Crippen molar-refractivity contribution in [2.75, 3.05) is 5.75 Å². The molecule has 0 bridgehead atoms. The predicted molar refractivity (Wildman–Crippen MR) is 77.4 cm³/mol. The third-order valence-corrected chi connectivity index (χ3v) is 3.74. The number of ether oxygens (including phenoxy) is 1. The number of carbonyl (C=O) groups excluding carboxylic acids is 1. The molecule has 1 rings (SSSR count). The van der Waals surface area contributed by atoms with Crippen LogP contribution in [0, 0.1) is 0 Å². The fourth-order valence-electron chi connectivity index (χ4n) is 1.50. The topological polar surface area (TPSA) is 26.3 Å². The standard InChI is InChI=1S/C14H19ClO2S/c1-4-7-18-13-6-5-12(15)8-11(13)9-14(16)17-10(2)3/h5-6,8,10H,4,7,9H2,1-3H3. The fraction of sp³-hybridized carbons (Fsp3) is 0.500. The van der Waals surface area contributed by atoms with Gasteiger partial charge in [-0.15, -0.1) is 11.8 Å². The van der Waals surface area contributed by atoms with E-state index in [0.717, 1.165) is 22.6 Å². The molecule has 18 heavy (non-hydrogen) atoms. The summed E-state index contributed by atoms with van der Waals surface area (Å²) in [4.78, 5) is 12.8. The Balaban J connectivity index is 2.78. The summed E-state index contributed by atoms with van der Waals surface area (Å²) in [5.41, 5.74) is 0.951. The van der Waals surface area contributed by atoms with Gasteiger partial charge in [0.25, 0.3) is 0 Å². The zero-order valence-corrected chi connectivity index (χ0v) is 12.6. The van der Waals surface area contributed by atoms with Crippen LogP contribution in [0.5, 0.6) is 0 Å². The van der Waals surface area contributed by atoms with Gasteiger partial charge in [-0.2, -0.15) is 0 Å². The van der Waals surface area contributed by atoms with E-state index in [4.69, 9.17) is 16.3 Å². The van der Waals surface area contributed by atoms with Crippen LogP contribution in [0.4, 0.5) is 0 Å². The van der Waals surface area contributed by atoms with Gasteiger partial charge in [0, 0.05) is 9.92 Å². The number of esters is 1. The SMILES string of the molecule is CCCSc1ccc(Cl)cc1CC(=O)OC(C)C. The predicted octanol–water partition coefficient (Wildman–Crippen LogP) is 4.34. The number of hydrogen-bond acceptors (Lipinski definition) is 3. The molecule has 0 radical (unpaired) electrons. The summed E-state index contributed by atoms with van der Waals surface area (Å²) in [6.45, 7) is 5.83. The van der Waals surface area contributed by atoms with E-state index in [9.17, 15) is 4.79 Å². The van der Waals surface area contributed by atoms with Gasteiger partial charge >= 0.3 is 5.97 Å². The average molecular weight is 287 g/mol. The molecule has 0 aliphatic rings. The first-order valence-corrected chi connectivity index (χ1v) is 7.50. The highest BCUT2D eigenvalue weighted by Crippen LogP contribution is 2.27. The van der Waals surface area contributed by atoms with Gasteiger partial charge in [0.15, 0.2) is 0 Å². The quantitative estimate of drug-likeness (QED) is 0.575. The molecule has 0 spiro atoms. The van der Waals surface area contributed by atoms with Crippen LogP contribution in [0.15, 0.2) is 23.1 Å². The van der Waals surface area contributed by atoms with E-state index in [1.54, 1.807) is 11.8 Å². The van der Waals surface area contributed by atoms with Gasteiger partial charge in [0.1, 0.15) is 0 Å². The number of rotatable bonds is 6. The summed E-state index contributed by atoms with van der Waals surface area (Å²) in [6.07, 6.45) is 1.30. The molecular formula is C14H19ClO2S. The number of carbonyl (C=O) groups is 1. The second-order valence-corrected chi connectivity index (χ2v) is 5.89. The lowest BCUT2D eigenvalue weighted by Crippen LogP contribution is -2.14. The second kappa shape index (κ2) is 7.70. The van der Waals surface area contributed by atoms with E-state index in [2.05, 4.69) is 6.92 Å².